The molecule has 1 fully saturated rings. The number of esters is 2. The van der Waals surface area contributed by atoms with Gasteiger partial charge in [0.05, 0.1) is 31.7 Å². The molecule has 0 saturated carbocycles. The average molecular weight is 686 g/mol. The van der Waals surface area contributed by atoms with Crippen LogP contribution in [-0.4, -0.2) is 78.7 Å². The summed E-state index contributed by atoms with van der Waals surface area (Å²) in [5.74, 6) is -4.43. The number of hydrogen-bond acceptors (Lipinski definition) is 10. The number of ketones is 2. The molecular weight excluding hydrogens is 634 g/mol. The van der Waals surface area contributed by atoms with Crippen LogP contribution in [0.1, 0.15) is 84.1 Å². The molecule has 0 unspecified atom stereocenters. The lowest BCUT2D eigenvalue weighted by atomic mass is 9.89. The molecule has 49 heavy (non-hydrogen) atoms. The van der Waals surface area contributed by atoms with Crippen molar-refractivity contribution < 1.29 is 47.8 Å². The average Bonchev–Trinajstić information content (AvgIpc) is 3.56. The zero-order chi connectivity index (χ0) is 36.3. The summed E-state index contributed by atoms with van der Waals surface area (Å²) in [7, 11) is 1.27. The summed E-state index contributed by atoms with van der Waals surface area (Å²) in [6.45, 7) is 5.99. The van der Waals surface area contributed by atoms with E-state index in [2.05, 4.69) is 5.32 Å². The summed E-state index contributed by atoms with van der Waals surface area (Å²) >= 11 is 0. The van der Waals surface area contributed by atoms with Gasteiger partial charge in [-0.05, 0) is 56.9 Å². The molecule has 4 atom stereocenters. The predicted molar refractivity (Wildman–Crippen MR) is 179 cm³/mol. The molecule has 0 aliphatic carbocycles. The molecule has 0 bridgehead atoms. The molecule has 3 amide bonds. The third-order valence-electron chi connectivity index (χ3n) is 8.24. The van der Waals surface area contributed by atoms with Crippen molar-refractivity contribution in [3.05, 3.63) is 48.0 Å². The SMILES string of the molecule is CCOC(=O)/C=C/CC[C@H](NC(=O)OCc1ccccc1)C(=O)C[C@@H](CCC(N)=O)C(=O)N1CCC[C@H]1C(=O)C[C@@H](CC(C)C)C(=O)OC. The number of nitrogens with zero attached hydrogens (tertiary/aromatic N) is 1. The zero-order valence-electron chi connectivity index (χ0n) is 29.0. The quantitative estimate of drug-likeness (QED) is 0.109. The lowest BCUT2D eigenvalue weighted by molar-refractivity contribution is -0.149. The largest absolute Gasteiger partial charge is 0.469 e. The van der Waals surface area contributed by atoms with E-state index in [9.17, 15) is 33.6 Å². The zero-order valence-corrected chi connectivity index (χ0v) is 29.0. The molecule has 13 nitrogen and oxygen atoms in total. The summed E-state index contributed by atoms with van der Waals surface area (Å²) in [5.41, 5.74) is 6.15. The number of nitrogens with one attached hydrogen (secondary N) is 1. The Hall–Kier alpha value is -4.55. The highest BCUT2D eigenvalue weighted by molar-refractivity contribution is 5.95. The fourth-order valence-electron chi connectivity index (χ4n) is 5.85. The number of nitrogens with two attached hydrogens (primary N) is 1. The van der Waals surface area contributed by atoms with Crippen molar-refractivity contribution in [2.24, 2.45) is 23.5 Å². The summed E-state index contributed by atoms with van der Waals surface area (Å²) in [4.78, 5) is 91.2. The fourth-order valence-corrected chi connectivity index (χ4v) is 5.85. The highest BCUT2D eigenvalue weighted by Gasteiger charge is 2.39. The highest BCUT2D eigenvalue weighted by atomic mass is 16.5. The maximum absolute atomic E-state index is 14.0. The Morgan fingerprint density at radius 1 is 1.00 bits per heavy atom. The number of allylic oxidation sites excluding steroid dienone is 1. The van der Waals surface area contributed by atoms with Gasteiger partial charge < -0.3 is 30.2 Å². The number of alkyl carbamates (subject to hydrolysis) is 1. The molecule has 0 aromatic heterocycles. The molecule has 1 aliphatic heterocycles. The van der Waals surface area contributed by atoms with E-state index in [1.54, 1.807) is 31.2 Å². The predicted octanol–water partition coefficient (Wildman–Crippen LogP) is 3.81. The number of benzene rings is 1. The second kappa shape index (κ2) is 21.4. The van der Waals surface area contributed by atoms with Crippen LogP contribution in [0.4, 0.5) is 4.79 Å². The first-order chi connectivity index (χ1) is 23.4. The first kappa shape index (κ1) is 40.6. The van der Waals surface area contributed by atoms with Crippen LogP contribution in [0.5, 0.6) is 0 Å². The van der Waals surface area contributed by atoms with Crippen molar-refractivity contribution in [2.45, 2.75) is 97.2 Å². The first-order valence-electron chi connectivity index (χ1n) is 16.9. The lowest BCUT2D eigenvalue weighted by Gasteiger charge is -2.29. The minimum atomic E-state index is -1.09. The fraction of sp³-hybridized carbons (Fsp3) is 0.583. The van der Waals surface area contributed by atoms with E-state index >= 15 is 0 Å². The second-order valence-electron chi connectivity index (χ2n) is 12.6. The molecule has 1 aromatic carbocycles. The Labute approximate surface area is 288 Å². The Morgan fingerprint density at radius 3 is 2.35 bits per heavy atom. The Morgan fingerprint density at radius 2 is 1.71 bits per heavy atom. The van der Waals surface area contributed by atoms with Gasteiger partial charge in [0.15, 0.2) is 11.6 Å². The second-order valence-corrected chi connectivity index (χ2v) is 12.6. The molecule has 1 aliphatic rings. The van der Waals surface area contributed by atoms with Crippen LogP contribution < -0.4 is 11.1 Å². The third kappa shape index (κ3) is 14.6. The molecule has 0 radical (unpaired) electrons. The molecule has 13 heteroatoms. The van der Waals surface area contributed by atoms with E-state index in [1.807, 2.05) is 19.9 Å². The van der Waals surface area contributed by atoms with Crippen molar-refractivity contribution in [2.75, 3.05) is 20.3 Å². The van der Waals surface area contributed by atoms with Gasteiger partial charge >= 0.3 is 18.0 Å². The van der Waals surface area contributed by atoms with Crippen LogP contribution in [0.3, 0.4) is 0 Å². The van der Waals surface area contributed by atoms with Crippen molar-refractivity contribution in [3.8, 4) is 0 Å². The van der Waals surface area contributed by atoms with Crippen LogP contribution in [-0.2, 0) is 49.6 Å². The monoisotopic (exact) mass is 685 g/mol. The maximum atomic E-state index is 14.0. The standard InChI is InChI=1S/C36H51N3O10/c1-5-48-33(43)16-10-9-14-28(38-36(46)49-23-25-12-7-6-8-13-25)30(40)21-26(17-18-32(37)42)34(44)39-19-11-15-29(39)31(41)22-27(20-24(2)3)35(45)47-4/h6-8,10,12-13,16,24,26-29H,5,9,11,14-15,17-23H2,1-4H3,(H2,37,42)(H,38,46)/b16-10+/t26-,27-,28+,29+/m1/s1. The maximum Gasteiger partial charge on any atom is 0.408 e. The van der Waals surface area contributed by atoms with Crippen LogP contribution in [0.25, 0.3) is 0 Å². The number of ether oxygens (including phenoxy) is 3. The van der Waals surface area contributed by atoms with Crippen LogP contribution in [0.2, 0.25) is 0 Å². The molecule has 1 aromatic rings. The molecule has 0 spiro atoms. The Bertz CT molecular complexity index is 1310. The molecule has 270 valence electrons. The molecule has 2 rings (SSSR count). The topological polar surface area (TPSA) is 188 Å². The van der Waals surface area contributed by atoms with Crippen molar-refractivity contribution in [1.82, 2.24) is 10.2 Å². The van der Waals surface area contributed by atoms with Crippen LogP contribution in [0.15, 0.2) is 42.5 Å². The number of carbonyl (C=O) groups excluding carboxylic acids is 7. The number of primary amides is 1. The Kier molecular flexibility index (Phi) is 17.8. The van der Waals surface area contributed by atoms with Gasteiger partial charge in [-0.3, -0.25) is 24.0 Å². The summed E-state index contributed by atoms with van der Waals surface area (Å²) < 4.78 is 15.1. The third-order valence-corrected chi connectivity index (χ3v) is 8.24. The molecular formula is C36H51N3O10. The first-order valence-corrected chi connectivity index (χ1v) is 16.9. The van der Waals surface area contributed by atoms with E-state index in [-0.39, 0.29) is 70.0 Å². The van der Waals surface area contributed by atoms with Gasteiger partial charge in [0.2, 0.25) is 11.8 Å². The summed E-state index contributed by atoms with van der Waals surface area (Å²) in [5, 5.41) is 2.58. The minimum Gasteiger partial charge on any atom is -0.469 e. The number of Topliss-reactive ketones (excluding diaryl/α,β-unsaturated/α-hetero) is 2. The van der Waals surface area contributed by atoms with Crippen LogP contribution in [0, 0.1) is 17.8 Å². The number of likely N-dealkylation sites (tertiary alicyclic amines) is 1. The van der Waals surface area contributed by atoms with Crippen molar-refractivity contribution in [1.29, 1.82) is 0 Å². The summed E-state index contributed by atoms with van der Waals surface area (Å²) in [6, 6.07) is 7.10. The van der Waals surface area contributed by atoms with E-state index in [4.69, 9.17) is 19.9 Å². The van der Waals surface area contributed by atoms with E-state index in [0.29, 0.717) is 19.3 Å². The highest BCUT2D eigenvalue weighted by Crippen LogP contribution is 2.28. The number of rotatable bonds is 21. The Balaban J connectivity index is 2.23. The van der Waals surface area contributed by atoms with Gasteiger partial charge in [0.25, 0.3) is 0 Å². The normalized spacial score (nSPS) is 16.1. The minimum absolute atomic E-state index is 0.0333. The van der Waals surface area contributed by atoms with Gasteiger partial charge in [0.1, 0.15) is 6.61 Å². The van der Waals surface area contributed by atoms with Gasteiger partial charge in [0, 0.05) is 37.8 Å². The van der Waals surface area contributed by atoms with Gasteiger partial charge in [-0.1, -0.05) is 50.3 Å². The number of carbonyl (C=O) groups is 7. The van der Waals surface area contributed by atoms with Crippen LogP contribution >= 0.6 is 0 Å². The van der Waals surface area contributed by atoms with Crippen molar-refractivity contribution in [3.63, 3.8) is 0 Å². The smallest absolute Gasteiger partial charge is 0.408 e. The molecule has 3 N–H and O–H groups in total. The lowest BCUT2D eigenvalue weighted by Crippen LogP contribution is -2.46. The van der Waals surface area contributed by atoms with E-state index in [1.165, 1.54) is 24.2 Å². The van der Waals surface area contributed by atoms with Crippen molar-refractivity contribution >= 4 is 41.4 Å². The number of methoxy groups -OCH3 is 1. The van der Waals surface area contributed by atoms with Gasteiger partial charge in [-0.25, -0.2) is 9.59 Å². The van der Waals surface area contributed by atoms with E-state index < -0.39 is 59.5 Å². The molecule has 1 saturated heterocycles. The number of amides is 3. The van der Waals surface area contributed by atoms with Gasteiger partial charge in [-0.15, -0.1) is 0 Å². The molecule has 1 heterocycles. The van der Waals surface area contributed by atoms with Gasteiger partial charge in [-0.2, -0.15) is 0 Å². The van der Waals surface area contributed by atoms with E-state index in [0.717, 1.165) is 5.56 Å². The summed E-state index contributed by atoms with van der Waals surface area (Å²) in [6.07, 6.45) is 2.98. The number of hydrogen-bond donors (Lipinski definition) is 2.